The molecular weight excluding hydrogens is 258 g/mol. The maximum Gasteiger partial charge on any atom is 0.256 e. The summed E-state index contributed by atoms with van der Waals surface area (Å²) in [6, 6.07) is 3.79. The van der Waals surface area contributed by atoms with E-state index in [2.05, 4.69) is 5.32 Å². The van der Waals surface area contributed by atoms with Crippen molar-refractivity contribution in [3.63, 3.8) is 0 Å². The highest BCUT2D eigenvalue weighted by molar-refractivity contribution is 6.01. The number of nitrogen functional groups attached to an aromatic ring is 1. The fraction of sp³-hybridized carbons (Fsp3) is 0.429. The Morgan fingerprint density at radius 2 is 2.15 bits per heavy atom. The second-order valence-electron chi connectivity index (χ2n) is 4.90. The highest BCUT2D eigenvalue weighted by Crippen LogP contribution is 2.24. The molecule has 2 rings (SSSR count). The third-order valence-corrected chi connectivity index (χ3v) is 3.58. The van der Waals surface area contributed by atoms with Crippen LogP contribution in [0.5, 0.6) is 5.75 Å². The third-order valence-electron chi connectivity index (χ3n) is 3.58. The van der Waals surface area contributed by atoms with Crippen molar-refractivity contribution < 1.29 is 14.7 Å². The lowest BCUT2D eigenvalue weighted by Crippen LogP contribution is -2.51. The van der Waals surface area contributed by atoms with Gasteiger partial charge in [0.1, 0.15) is 11.8 Å². The van der Waals surface area contributed by atoms with Gasteiger partial charge >= 0.3 is 0 Å². The summed E-state index contributed by atoms with van der Waals surface area (Å²) >= 11 is 0. The molecule has 1 saturated heterocycles. The number of phenols is 1. The van der Waals surface area contributed by atoms with E-state index in [4.69, 9.17) is 5.73 Å². The number of aromatic hydroxyl groups is 1. The summed E-state index contributed by atoms with van der Waals surface area (Å²) < 4.78 is 0. The van der Waals surface area contributed by atoms with Gasteiger partial charge in [-0.3, -0.25) is 9.59 Å². The van der Waals surface area contributed by atoms with Crippen molar-refractivity contribution in [3.8, 4) is 5.75 Å². The minimum absolute atomic E-state index is 0.0175. The minimum atomic E-state index is -0.469. The summed E-state index contributed by atoms with van der Waals surface area (Å²) in [6.45, 7) is 0.520. The zero-order valence-electron chi connectivity index (χ0n) is 11.4. The Kier molecular flexibility index (Phi) is 4.12. The van der Waals surface area contributed by atoms with Crippen molar-refractivity contribution >= 4 is 17.5 Å². The van der Waals surface area contributed by atoms with Crippen molar-refractivity contribution in [1.29, 1.82) is 0 Å². The number of likely N-dealkylation sites (N-methyl/N-ethyl adjacent to an activating group) is 1. The molecule has 1 aliphatic heterocycles. The van der Waals surface area contributed by atoms with E-state index >= 15 is 0 Å². The average Bonchev–Trinajstić information content (AvgIpc) is 2.48. The van der Waals surface area contributed by atoms with Gasteiger partial charge in [-0.1, -0.05) is 0 Å². The Morgan fingerprint density at radius 1 is 1.40 bits per heavy atom. The maximum atomic E-state index is 12.6. The lowest BCUT2D eigenvalue weighted by molar-refractivity contribution is -0.126. The van der Waals surface area contributed by atoms with E-state index in [9.17, 15) is 14.7 Å². The molecule has 0 aliphatic carbocycles. The molecule has 1 unspecified atom stereocenters. The van der Waals surface area contributed by atoms with E-state index in [-0.39, 0.29) is 23.1 Å². The Bertz CT molecular complexity index is 530. The maximum absolute atomic E-state index is 12.6. The first-order valence-corrected chi connectivity index (χ1v) is 6.65. The standard InChI is InChI=1S/C14H19N3O3/c1-16-13(19)12-4-2-3-7-17(12)14(20)10-8-9(18)5-6-11(10)15/h5-6,8,12,18H,2-4,7,15H2,1H3,(H,16,19). The fourth-order valence-corrected chi connectivity index (χ4v) is 2.50. The summed E-state index contributed by atoms with van der Waals surface area (Å²) in [6.07, 6.45) is 2.42. The van der Waals surface area contributed by atoms with Gasteiger partial charge in [0.05, 0.1) is 5.56 Å². The minimum Gasteiger partial charge on any atom is -0.508 e. The molecule has 2 amide bonds. The van der Waals surface area contributed by atoms with Gasteiger partial charge in [-0.25, -0.2) is 0 Å². The summed E-state index contributed by atoms with van der Waals surface area (Å²) in [5.41, 5.74) is 6.33. The number of amides is 2. The highest BCUT2D eigenvalue weighted by atomic mass is 16.3. The van der Waals surface area contributed by atoms with Crippen LogP contribution in [-0.4, -0.2) is 41.5 Å². The molecule has 0 saturated carbocycles. The van der Waals surface area contributed by atoms with Crippen LogP contribution in [0.2, 0.25) is 0 Å². The van der Waals surface area contributed by atoms with Crippen LogP contribution in [0.1, 0.15) is 29.6 Å². The predicted octanol–water partition coefficient (Wildman–Crippen LogP) is 0.715. The Hall–Kier alpha value is -2.24. The monoisotopic (exact) mass is 277 g/mol. The van der Waals surface area contributed by atoms with Crippen LogP contribution in [0.25, 0.3) is 0 Å². The molecule has 6 nitrogen and oxygen atoms in total. The van der Waals surface area contributed by atoms with Crippen LogP contribution in [0, 0.1) is 0 Å². The lowest BCUT2D eigenvalue weighted by atomic mass is 9.99. The van der Waals surface area contributed by atoms with E-state index in [0.29, 0.717) is 18.7 Å². The summed E-state index contributed by atoms with van der Waals surface area (Å²) in [5, 5.41) is 12.1. The number of piperidine rings is 1. The van der Waals surface area contributed by atoms with E-state index in [1.165, 1.54) is 23.1 Å². The molecule has 20 heavy (non-hydrogen) atoms. The van der Waals surface area contributed by atoms with E-state index in [1.54, 1.807) is 7.05 Å². The second-order valence-corrected chi connectivity index (χ2v) is 4.90. The molecule has 0 radical (unpaired) electrons. The van der Waals surface area contributed by atoms with Crippen molar-refractivity contribution in [3.05, 3.63) is 23.8 Å². The number of nitrogens with two attached hydrogens (primary N) is 1. The Balaban J connectivity index is 2.30. The van der Waals surface area contributed by atoms with Crippen LogP contribution >= 0.6 is 0 Å². The molecule has 0 bridgehead atoms. The number of rotatable bonds is 2. The van der Waals surface area contributed by atoms with E-state index in [1.807, 2.05) is 0 Å². The second kappa shape index (κ2) is 5.81. The number of nitrogens with zero attached hydrogens (tertiary/aromatic N) is 1. The predicted molar refractivity (Wildman–Crippen MR) is 75.3 cm³/mol. The molecule has 1 aromatic rings. The number of benzene rings is 1. The molecule has 0 spiro atoms. The molecule has 4 N–H and O–H groups in total. The van der Waals surface area contributed by atoms with Gasteiger partial charge in [0.15, 0.2) is 0 Å². The molecule has 1 aromatic carbocycles. The van der Waals surface area contributed by atoms with Gasteiger partial charge in [0.25, 0.3) is 5.91 Å². The van der Waals surface area contributed by atoms with Crippen molar-refractivity contribution in [2.45, 2.75) is 25.3 Å². The quantitative estimate of drug-likeness (QED) is 0.548. The molecule has 1 atom stereocenters. The smallest absolute Gasteiger partial charge is 0.256 e. The number of carbonyl (C=O) groups is 2. The zero-order chi connectivity index (χ0) is 14.7. The van der Waals surface area contributed by atoms with Gasteiger partial charge in [-0.2, -0.15) is 0 Å². The van der Waals surface area contributed by atoms with Gasteiger partial charge in [-0.15, -0.1) is 0 Å². The molecule has 0 aromatic heterocycles. The number of carbonyl (C=O) groups excluding carboxylic acids is 2. The molecule has 108 valence electrons. The molecular formula is C14H19N3O3. The van der Waals surface area contributed by atoms with Crippen molar-refractivity contribution in [1.82, 2.24) is 10.2 Å². The number of hydrogen-bond acceptors (Lipinski definition) is 4. The summed E-state index contributed by atoms with van der Waals surface area (Å²) in [5.74, 6) is -0.500. The largest absolute Gasteiger partial charge is 0.508 e. The van der Waals surface area contributed by atoms with Gasteiger partial charge in [-0.05, 0) is 37.5 Å². The van der Waals surface area contributed by atoms with Gasteiger partial charge in [0, 0.05) is 19.3 Å². The van der Waals surface area contributed by atoms with Gasteiger partial charge < -0.3 is 21.1 Å². The molecule has 1 aliphatic rings. The number of hydrogen-bond donors (Lipinski definition) is 3. The molecule has 1 fully saturated rings. The first-order chi connectivity index (χ1) is 9.54. The van der Waals surface area contributed by atoms with Crippen LogP contribution in [-0.2, 0) is 4.79 Å². The fourth-order valence-electron chi connectivity index (χ4n) is 2.50. The highest BCUT2D eigenvalue weighted by Gasteiger charge is 2.32. The first-order valence-electron chi connectivity index (χ1n) is 6.65. The van der Waals surface area contributed by atoms with Crippen LogP contribution < -0.4 is 11.1 Å². The van der Waals surface area contributed by atoms with Gasteiger partial charge in [0.2, 0.25) is 5.91 Å². The summed E-state index contributed by atoms with van der Waals surface area (Å²) in [4.78, 5) is 26.0. The zero-order valence-corrected chi connectivity index (χ0v) is 11.4. The van der Waals surface area contributed by atoms with Crippen LogP contribution in [0.15, 0.2) is 18.2 Å². The van der Waals surface area contributed by atoms with Crippen molar-refractivity contribution in [2.24, 2.45) is 0 Å². The first kappa shape index (κ1) is 14.2. The van der Waals surface area contributed by atoms with Crippen molar-refractivity contribution in [2.75, 3.05) is 19.3 Å². The average molecular weight is 277 g/mol. The topological polar surface area (TPSA) is 95.7 Å². The normalized spacial score (nSPS) is 18.6. The molecule has 1 heterocycles. The SMILES string of the molecule is CNC(=O)C1CCCCN1C(=O)c1cc(O)ccc1N. The number of likely N-dealkylation sites (tertiary alicyclic amines) is 1. The van der Waals surface area contributed by atoms with Crippen LogP contribution in [0.3, 0.4) is 0 Å². The molecule has 6 heteroatoms. The Labute approximate surface area is 117 Å². The number of phenolic OH excluding ortho intramolecular Hbond substituents is 1. The van der Waals surface area contributed by atoms with E-state index < -0.39 is 6.04 Å². The lowest BCUT2D eigenvalue weighted by Gasteiger charge is -2.34. The van der Waals surface area contributed by atoms with E-state index in [0.717, 1.165) is 12.8 Å². The summed E-state index contributed by atoms with van der Waals surface area (Å²) in [7, 11) is 1.56. The Morgan fingerprint density at radius 3 is 2.85 bits per heavy atom. The number of nitrogens with one attached hydrogen (secondary N) is 1. The third kappa shape index (κ3) is 2.68. The van der Waals surface area contributed by atoms with Crippen LogP contribution in [0.4, 0.5) is 5.69 Å². The number of anilines is 1.